The van der Waals surface area contributed by atoms with Crippen LogP contribution in [0.5, 0.6) is 0 Å². The number of hydrogen-bond donors (Lipinski definition) is 1. The Morgan fingerprint density at radius 1 is 1.43 bits per heavy atom. The van der Waals surface area contributed by atoms with Gasteiger partial charge in [-0.25, -0.2) is 0 Å². The summed E-state index contributed by atoms with van der Waals surface area (Å²) < 4.78 is 5.62. The first-order valence-corrected chi connectivity index (χ1v) is 8.67. The third-order valence-electron chi connectivity index (χ3n) is 4.13. The van der Waals surface area contributed by atoms with Crippen molar-refractivity contribution in [2.24, 2.45) is 5.92 Å². The van der Waals surface area contributed by atoms with Crippen molar-refractivity contribution < 1.29 is 9.53 Å². The van der Waals surface area contributed by atoms with Gasteiger partial charge in [-0.15, -0.1) is 11.3 Å². The molecule has 0 bridgehead atoms. The largest absolute Gasteiger partial charge is 0.377 e. The molecule has 1 aliphatic rings. The molecule has 1 aliphatic heterocycles. The predicted octanol–water partition coefficient (Wildman–Crippen LogP) is 3.02. The number of nitrogens with zero attached hydrogens (tertiary/aromatic N) is 1. The van der Waals surface area contributed by atoms with Crippen LogP contribution in [0.4, 0.5) is 0 Å². The molecule has 0 radical (unpaired) electrons. The molecule has 0 aliphatic carbocycles. The summed E-state index contributed by atoms with van der Waals surface area (Å²) in [6.07, 6.45) is 1.04. The lowest BCUT2D eigenvalue weighted by atomic mass is 9.99. The second kappa shape index (κ2) is 7.38. The van der Waals surface area contributed by atoms with Crippen molar-refractivity contribution in [1.82, 2.24) is 10.2 Å². The maximum absolute atomic E-state index is 12.8. The summed E-state index contributed by atoms with van der Waals surface area (Å²) in [5.41, 5.74) is 0. The van der Waals surface area contributed by atoms with Gasteiger partial charge in [0.1, 0.15) is 6.17 Å². The summed E-state index contributed by atoms with van der Waals surface area (Å²) in [5.74, 6) is 0.543. The fourth-order valence-electron chi connectivity index (χ4n) is 2.77. The Balaban J connectivity index is 2.17. The van der Waals surface area contributed by atoms with Crippen LogP contribution in [0.3, 0.4) is 0 Å². The summed E-state index contributed by atoms with van der Waals surface area (Å²) in [7, 11) is 0. The van der Waals surface area contributed by atoms with Crippen LogP contribution >= 0.6 is 11.3 Å². The Bertz CT molecular complexity index is 449. The molecule has 4 nitrogen and oxygen atoms in total. The highest BCUT2D eigenvalue weighted by molar-refractivity contribution is 7.10. The van der Waals surface area contributed by atoms with Gasteiger partial charge in [0.05, 0.1) is 12.1 Å². The number of nitrogens with one attached hydrogen (secondary N) is 1. The highest BCUT2D eigenvalue weighted by Gasteiger charge is 2.42. The van der Waals surface area contributed by atoms with Gasteiger partial charge >= 0.3 is 0 Å². The van der Waals surface area contributed by atoms with Gasteiger partial charge in [0.2, 0.25) is 5.91 Å². The van der Waals surface area contributed by atoms with Gasteiger partial charge in [0.15, 0.2) is 0 Å². The summed E-state index contributed by atoms with van der Waals surface area (Å²) in [5, 5.41) is 5.58. The standard InChI is InChI=1S/C16H26N2O2S/c1-5-11(3)14-16(19)18(10-12(4)20-6-2)15(17-14)13-8-7-9-21-13/h7-9,11-12,14-15,17H,5-6,10H2,1-4H3. The molecule has 1 saturated heterocycles. The molecular weight excluding hydrogens is 284 g/mol. The molecule has 4 atom stereocenters. The SMILES string of the molecule is CCOC(C)CN1C(=O)C(C(C)CC)NC1c1cccs1. The summed E-state index contributed by atoms with van der Waals surface area (Å²) in [6.45, 7) is 9.59. The van der Waals surface area contributed by atoms with Gasteiger partial charge in [-0.2, -0.15) is 0 Å². The molecular formula is C16H26N2O2S. The fraction of sp³-hybridized carbons (Fsp3) is 0.688. The van der Waals surface area contributed by atoms with Crippen LogP contribution in [-0.2, 0) is 9.53 Å². The molecule has 4 unspecified atom stereocenters. The molecule has 5 heteroatoms. The molecule has 2 heterocycles. The maximum Gasteiger partial charge on any atom is 0.241 e. The molecule has 0 spiro atoms. The van der Waals surface area contributed by atoms with E-state index in [0.29, 0.717) is 19.1 Å². The van der Waals surface area contributed by atoms with E-state index in [-0.39, 0.29) is 24.2 Å². The van der Waals surface area contributed by atoms with E-state index in [4.69, 9.17) is 4.74 Å². The van der Waals surface area contributed by atoms with E-state index in [1.807, 2.05) is 24.8 Å². The van der Waals surface area contributed by atoms with Crippen molar-refractivity contribution in [3.63, 3.8) is 0 Å². The molecule has 1 amide bonds. The highest BCUT2D eigenvalue weighted by atomic mass is 32.1. The topological polar surface area (TPSA) is 41.6 Å². The average molecular weight is 310 g/mol. The van der Waals surface area contributed by atoms with Crippen LogP contribution in [0.15, 0.2) is 17.5 Å². The third-order valence-corrected chi connectivity index (χ3v) is 5.05. The quantitative estimate of drug-likeness (QED) is 0.842. The number of amides is 1. The van der Waals surface area contributed by atoms with Gasteiger partial charge in [0, 0.05) is 18.0 Å². The summed E-state index contributed by atoms with van der Waals surface area (Å²) in [6, 6.07) is 4.04. The molecule has 118 valence electrons. The lowest BCUT2D eigenvalue weighted by Gasteiger charge is -2.26. The minimum Gasteiger partial charge on any atom is -0.377 e. The molecule has 0 saturated carbocycles. The molecule has 1 aromatic rings. The van der Waals surface area contributed by atoms with E-state index >= 15 is 0 Å². The van der Waals surface area contributed by atoms with Gasteiger partial charge < -0.3 is 9.64 Å². The van der Waals surface area contributed by atoms with Crippen molar-refractivity contribution in [3.05, 3.63) is 22.4 Å². The second-order valence-corrected chi connectivity index (χ2v) is 6.68. The normalized spacial score (nSPS) is 25.3. The molecule has 1 N–H and O–H groups in total. The second-order valence-electron chi connectivity index (χ2n) is 5.70. The summed E-state index contributed by atoms with van der Waals surface area (Å²) >= 11 is 1.69. The number of carbonyl (C=O) groups excluding carboxylic acids is 1. The predicted molar refractivity (Wildman–Crippen MR) is 86.2 cm³/mol. The van der Waals surface area contributed by atoms with E-state index in [1.54, 1.807) is 11.3 Å². The lowest BCUT2D eigenvalue weighted by Crippen LogP contribution is -2.38. The fourth-order valence-corrected chi connectivity index (χ4v) is 3.57. The Morgan fingerprint density at radius 2 is 2.19 bits per heavy atom. The monoisotopic (exact) mass is 310 g/mol. The molecule has 21 heavy (non-hydrogen) atoms. The summed E-state index contributed by atoms with van der Waals surface area (Å²) in [4.78, 5) is 15.9. The highest BCUT2D eigenvalue weighted by Crippen LogP contribution is 2.31. The first-order chi connectivity index (χ1) is 10.1. The number of thiophene rings is 1. The Morgan fingerprint density at radius 3 is 2.76 bits per heavy atom. The van der Waals surface area contributed by atoms with Crippen LogP contribution in [0.2, 0.25) is 0 Å². The third kappa shape index (κ3) is 3.65. The average Bonchev–Trinajstić information content (AvgIpc) is 3.08. The van der Waals surface area contributed by atoms with E-state index in [9.17, 15) is 4.79 Å². The minimum absolute atomic E-state index is 0.0144. The van der Waals surface area contributed by atoms with Gasteiger partial charge in [-0.1, -0.05) is 26.3 Å². The van der Waals surface area contributed by atoms with Crippen LogP contribution < -0.4 is 5.32 Å². The number of ether oxygens (including phenoxy) is 1. The Labute approximate surface area is 131 Å². The zero-order valence-electron chi connectivity index (χ0n) is 13.3. The van der Waals surface area contributed by atoms with Crippen LogP contribution in [-0.4, -0.2) is 36.1 Å². The van der Waals surface area contributed by atoms with Crippen molar-refractivity contribution >= 4 is 17.2 Å². The van der Waals surface area contributed by atoms with E-state index < -0.39 is 0 Å². The smallest absolute Gasteiger partial charge is 0.241 e. The first-order valence-electron chi connectivity index (χ1n) is 7.80. The van der Waals surface area contributed by atoms with Crippen LogP contribution in [0, 0.1) is 5.92 Å². The van der Waals surface area contributed by atoms with E-state index in [0.717, 1.165) is 6.42 Å². The number of carbonyl (C=O) groups is 1. The molecule has 2 rings (SSSR count). The van der Waals surface area contributed by atoms with Crippen molar-refractivity contribution in [2.45, 2.75) is 52.4 Å². The van der Waals surface area contributed by atoms with Crippen LogP contribution in [0.1, 0.15) is 45.2 Å². The molecule has 1 aromatic heterocycles. The maximum atomic E-state index is 12.8. The zero-order chi connectivity index (χ0) is 15.4. The first kappa shape index (κ1) is 16.5. The number of hydrogen-bond acceptors (Lipinski definition) is 4. The number of rotatable bonds is 7. The van der Waals surface area contributed by atoms with Gasteiger partial charge in [-0.3, -0.25) is 10.1 Å². The van der Waals surface area contributed by atoms with Crippen molar-refractivity contribution in [3.8, 4) is 0 Å². The lowest BCUT2D eigenvalue weighted by molar-refractivity contribution is -0.132. The van der Waals surface area contributed by atoms with Gasteiger partial charge in [0.25, 0.3) is 0 Å². The van der Waals surface area contributed by atoms with Crippen LogP contribution in [0.25, 0.3) is 0 Å². The zero-order valence-corrected chi connectivity index (χ0v) is 14.2. The Hall–Kier alpha value is -0.910. The Kier molecular flexibility index (Phi) is 5.79. The van der Waals surface area contributed by atoms with E-state index in [1.165, 1.54) is 4.88 Å². The molecule has 1 fully saturated rings. The van der Waals surface area contributed by atoms with Crippen molar-refractivity contribution in [1.29, 1.82) is 0 Å². The van der Waals surface area contributed by atoms with E-state index in [2.05, 4.69) is 30.6 Å². The minimum atomic E-state index is -0.0871. The van der Waals surface area contributed by atoms with Gasteiger partial charge in [-0.05, 0) is 31.2 Å². The molecule has 0 aromatic carbocycles. The van der Waals surface area contributed by atoms with Crippen molar-refractivity contribution in [2.75, 3.05) is 13.2 Å².